The highest BCUT2D eigenvalue weighted by Gasteiger charge is 2.04. The summed E-state index contributed by atoms with van der Waals surface area (Å²) in [5.41, 5.74) is 5.90. The third-order valence-corrected chi connectivity index (χ3v) is 4.52. The van der Waals surface area contributed by atoms with Crippen molar-refractivity contribution in [1.29, 1.82) is 0 Å². The molecule has 0 N–H and O–H groups in total. The van der Waals surface area contributed by atoms with Crippen LogP contribution in [0.4, 0.5) is 0 Å². The molecule has 0 bridgehead atoms. The normalized spacial score (nSPS) is 10.6. The van der Waals surface area contributed by atoms with Gasteiger partial charge in [0.1, 0.15) is 5.03 Å². The van der Waals surface area contributed by atoms with Crippen molar-refractivity contribution in [3.05, 3.63) is 77.4 Å². The second kappa shape index (κ2) is 6.75. The van der Waals surface area contributed by atoms with Crippen molar-refractivity contribution in [3.63, 3.8) is 0 Å². The molecule has 3 aromatic rings. The Morgan fingerprint density at radius 3 is 2.45 bits per heavy atom. The van der Waals surface area contributed by atoms with Gasteiger partial charge >= 0.3 is 0 Å². The summed E-state index contributed by atoms with van der Waals surface area (Å²) in [4.78, 5) is 0. The number of aryl methyl sites for hydroxylation is 2. The summed E-state index contributed by atoms with van der Waals surface area (Å²) in [7, 11) is 0. The number of nitrogens with zero attached hydrogens (tertiary/aromatic N) is 2. The summed E-state index contributed by atoms with van der Waals surface area (Å²) in [5, 5.41) is 9.67. The van der Waals surface area contributed by atoms with Crippen LogP contribution in [0, 0.1) is 13.8 Å². The Morgan fingerprint density at radius 1 is 0.864 bits per heavy atom. The van der Waals surface area contributed by atoms with E-state index in [1.54, 1.807) is 11.8 Å². The summed E-state index contributed by atoms with van der Waals surface area (Å²) < 4.78 is 0. The van der Waals surface area contributed by atoms with E-state index in [1.165, 1.54) is 16.7 Å². The van der Waals surface area contributed by atoms with Crippen LogP contribution in [0.15, 0.2) is 65.7 Å². The molecule has 2 aromatic carbocycles. The minimum atomic E-state index is 0.917. The first-order valence-corrected chi connectivity index (χ1v) is 8.29. The SMILES string of the molecule is Cc1cccc(CSc2ccc(-c3ccccc3C)nn2)c1. The van der Waals surface area contributed by atoms with Crippen molar-refractivity contribution in [1.82, 2.24) is 10.2 Å². The molecule has 0 aliphatic heterocycles. The van der Waals surface area contributed by atoms with E-state index in [0.717, 1.165) is 22.0 Å². The molecule has 1 heterocycles. The van der Waals surface area contributed by atoms with Gasteiger partial charge in [0.05, 0.1) is 5.69 Å². The summed E-state index contributed by atoms with van der Waals surface area (Å²) in [5.74, 6) is 0.917. The van der Waals surface area contributed by atoms with Gasteiger partial charge in [0, 0.05) is 11.3 Å². The fraction of sp³-hybridized carbons (Fsp3) is 0.158. The minimum absolute atomic E-state index is 0.917. The van der Waals surface area contributed by atoms with Crippen LogP contribution >= 0.6 is 11.8 Å². The number of benzene rings is 2. The number of hydrogen-bond donors (Lipinski definition) is 0. The Hall–Kier alpha value is -2.13. The first-order chi connectivity index (χ1) is 10.7. The van der Waals surface area contributed by atoms with Gasteiger partial charge in [-0.05, 0) is 37.1 Å². The molecule has 1 aromatic heterocycles. The molecule has 22 heavy (non-hydrogen) atoms. The number of aromatic nitrogens is 2. The Labute approximate surface area is 135 Å². The van der Waals surface area contributed by atoms with Crippen LogP contribution in [-0.4, -0.2) is 10.2 Å². The van der Waals surface area contributed by atoms with Gasteiger partial charge < -0.3 is 0 Å². The summed E-state index contributed by atoms with van der Waals surface area (Å²) in [6.07, 6.45) is 0. The van der Waals surface area contributed by atoms with Crippen LogP contribution in [0.3, 0.4) is 0 Å². The molecular weight excluding hydrogens is 288 g/mol. The average Bonchev–Trinajstić information content (AvgIpc) is 2.54. The third-order valence-electron chi connectivity index (χ3n) is 3.53. The van der Waals surface area contributed by atoms with E-state index in [2.05, 4.69) is 66.5 Å². The Bertz CT molecular complexity index is 766. The van der Waals surface area contributed by atoms with E-state index < -0.39 is 0 Å². The van der Waals surface area contributed by atoms with E-state index in [-0.39, 0.29) is 0 Å². The lowest BCUT2D eigenvalue weighted by molar-refractivity contribution is 0.934. The summed E-state index contributed by atoms with van der Waals surface area (Å²) >= 11 is 1.72. The molecule has 0 radical (unpaired) electrons. The van der Waals surface area contributed by atoms with Crippen LogP contribution in [-0.2, 0) is 5.75 Å². The molecule has 0 aliphatic rings. The lowest BCUT2D eigenvalue weighted by atomic mass is 10.1. The van der Waals surface area contributed by atoms with Gasteiger partial charge in [0.2, 0.25) is 0 Å². The second-order valence-corrected chi connectivity index (χ2v) is 6.35. The molecule has 0 saturated carbocycles. The fourth-order valence-electron chi connectivity index (χ4n) is 2.36. The number of rotatable bonds is 4. The van der Waals surface area contributed by atoms with Gasteiger partial charge in [-0.1, -0.05) is 65.9 Å². The Morgan fingerprint density at radius 2 is 1.73 bits per heavy atom. The fourth-order valence-corrected chi connectivity index (χ4v) is 3.12. The molecule has 0 spiro atoms. The lowest BCUT2D eigenvalue weighted by Crippen LogP contribution is -1.91. The van der Waals surface area contributed by atoms with Crippen molar-refractivity contribution in [3.8, 4) is 11.3 Å². The lowest BCUT2D eigenvalue weighted by Gasteiger charge is -2.05. The van der Waals surface area contributed by atoms with Gasteiger partial charge in [-0.3, -0.25) is 0 Å². The molecule has 0 aliphatic carbocycles. The van der Waals surface area contributed by atoms with E-state index in [0.29, 0.717) is 0 Å². The highest BCUT2D eigenvalue weighted by Crippen LogP contribution is 2.24. The van der Waals surface area contributed by atoms with Crippen molar-refractivity contribution in [2.45, 2.75) is 24.6 Å². The smallest absolute Gasteiger partial charge is 0.119 e. The van der Waals surface area contributed by atoms with Crippen LogP contribution < -0.4 is 0 Å². The molecule has 2 nitrogen and oxygen atoms in total. The highest BCUT2D eigenvalue weighted by molar-refractivity contribution is 7.98. The van der Waals surface area contributed by atoms with Crippen LogP contribution in [0.25, 0.3) is 11.3 Å². The van der Waals surface area contributed by atoms with Gasteiger partial charge in [-0.2, -0.15) is 0 Å². The van der Waals surface area contributed by atoms with Crippen molar-refractivity contribution in [2.24, 2.45) is 0 Å². The predicted molar refractivity (Wildman–Crippen MR) is 92.9 cm³/mol. The van der Waals surface area contributed by atoms with E-state index in [4.69, 9.17) is 0 Å². The molecule has 0 atom stereocenters. The van der Waals surface area contributed by atoms with E-state index in [9.17, 15) is 0 Å². The maximum Gasteiger partial charge on any atom is 0.119 e. The number of thioether (sulfide) groups is 1. The quantitative estimate of drug-likeness (QED) is 0.631. The first kappa shape index (κ1) is 14.8. The van der Waals surface area contributed by atoms with Gasteiger partial charge in [-0.15, -0.1) is 10.2 Å². The zero-order chi connectivity index (χ0) is 15.4. The molecular formula is C19H18N2S. The topological polar surface area (TPSA) is 25.8 Å². The third kappa shape index (κ3) is 3.55. The first-order valence-electron chi connectivity index (χ1n) is 7.30. The van der Waals surface area contributed by atoms with Gasteiger partial charge in [0.15, 0.2) is 0 Å². The van der Waals surface area contributed by atoms with Gasteiger partial charge in [-0.25, -0.2) is 0 Å². The largest absolute Gasteiger partial charge is 0.149 e. The summed E-state index contributed by atoms with van der Waals surface area (Å²) in [6, 6.07) is 20.9. The second-order valence-electron chi connectivity index (χ2n) is 5.35. The van der Waals surface area contributed by atoms with Crippen molar-refractivity contribution < 1.29 is 0 Å². The highest BCUT2D eigenvalue weighted by atomic mass is 32.2. The standard InChI is InChI=1S/C19H18N2S/c1-14-6-5-8-16(12-14)13-22-19-11-10-18(20-21-19)17-9-4-3-7-15(17)2/h3-12H,13H2,1-2H3. The maximum atomic E-state index is 4.37. The van der Waals surface area contributed by atoms with E-state index in [1.807, 2.05) is 18.2 Å². The van der Waals surface area contributed by atoms with Crippen LogP contribution in [0.5, 0.6) is 0 Å². The van der Waals surface area contributed by atoms with Crippen molar-refractivity contribution in [2.75, 3.05) is 0 Å². The molecule has 110 valence electrons. The molecule has 0 amide bonds. The average molecular weight is 306 g/mol. The molecule has 0 saturated heterocycles. The molecule has 0 unspecified atom stereocenters. The minimum Gasteiger partial charge on any atom is -0.149 e. The zero-order valence-corrected chi connectivity index (χ0v) is 13.6. The number of hydrogen-bond acceptors (Lipinski definition) is 3. The van der Waals surface area contributed by atoms with Crippen molar-refractivity contribution >= 4 is 11.8 Å². The van der Waals surface area contributed by atoms with Crippen LogP contribution in [0.1, 0.15) is 16.7 Å². The van der Waals surface area contributed by atoms with Crippen LogP contribution in [0.2, 0.25) is 0 Å². The monoisotopic (exact) mass is 306 g/mol. The van der Waals surface area contributed by atoms with Gasteiger partial charge in [0.25, 0.3) is 0 Å². The zero-order valence-electron chi connectivity index (χ0n) is 12.8. The van der Waals surface area contributed by atoms with E-state index >= 15 is 0 Å². The molecule has 3 rings (SSSR count). The Kier molecular flexibility index (Phi) is 4.54. The molecule has 3 heteroatoms. The predicted octanol–water partition coefficient (Wildman–Crippen LogP) is 5.05. The maximum absolute atomic E-state index is 4.37. The molecule has 0 fully saturated rings. The Balaban J connectivity index is 1.71. The summed E-state index contributed by atoms with van der Waals surface area (Å²) in [6.45, 7) is 4.21.